The number of aromatic nitrogens is 3. The summed E-state index contributed by atoms with van der Waals surface area (Å²) in [5, 5.41) is 3.95. The van der Waals surface area contributed by atoms with Crippen molar-refractivity contribution >= 4 is 28.9 Å². The first-order valence-electron chi connectivity index (χ1n) is 16.3. The Labute approximate surface area is 284 Å². The molecule has 6 rings (SSSR count). The maximum absolute atomic E-state index is 14.4. The van der Waals surface area contributed by atoms with Crippen molar-refractivity contribution in [2.45, 2.75) is 71.1 Å². The van der Waals surface area contributed by atoms with Gasteiger partial charge in [-0.25, -0.2) is 19.1 Å². The van der Waals surface area contributed by atoms with Gasteiger partial charge in [0, 0.05) is 42.6 Å². The first-order valence-corrected chi connectivity index (χ1v) is 16.3. The average molecular weight is 665 g/mol. The van der Waals surface area contributed by atoms with Gasteiger partial charge in [0.15, 0.2) is 11.5 Å². The maximum atomic E-state index is 14.4. The third-order valence-electron chi connectivity index (χ3n) is 8.19. The Morgan fingerprint density at radius 3 is 2.51 bits per heavy atom. The summed E-state index contributed by atoms with van der Waals surface area (Å²) in [6, 6.07) is 21.5. The third kappa shape index (κ3) is 7.94. The number of aryl methyl sites for hydroxylation is 1. The van der Waals surface area contributed by atoms with Crippen LogP contribution in [0.15, 0.2) is 85.2 Å². The molecule has 5 aromatic rings. The van der Waals surface area contributed by atoms with E-state index in [-0.39, 0.29) is 26.2 Å². The fourth-order valence-electron chi connectivity index (χ4n) is 5.81. The zero-order chi connectivity index (χ0) is 34.5. The number of carbonyl (C=O) groups is 3. The van der Waals surface area contributed by atoms with Gasteiger partial charge in [-0.3, -0.25) is 4.79 Å². The van der Waals surface area contributed by atoms with Gasteiger partial charge in [-0.2, -0.15) is 0 Å². The van der Waals surface area contributed by atoms with Crippen molar-refractivity contribution in [2.75, 3.05) is 6.79 Å². The van der Waals surface area contributed by atoms with E-state index in [1.807, 2.05) is 67.7 Å². The van der Waals surface area contributed by atoms with Crippen LogP contribution in [0.3, 0.4) is 0 Å². The lowest BCUT2D eigenvalue weighted by molar-refractivity contribution is -0.149. The molecule has 3 heterocycles. The van der Waals surface area contributed by atoms with Gasteiger partial charge in [-0.15, -0.1) is 0 Å². The highest BCUT2D eigenvalue weighted by Crippen LogP contribution is 2.36. The van der Waals surface area contributed by atoms with E-state index < -0.39 is 35.5 Å². The van der Waals surface area contributed by atoms with Crippen LogP contribution in [-0.4, -0.2) is 50.9 Å². The largest absolute Gasteiger partial charge is 0.459 e. The van der Waals surface area contributed by atoms with E-state index in [2.05, 4.69) is 10.3 Å². The molecular formula is C38H40N4O7. The predicted octanol–water partition coefficient (Wildman–Crippen LogP) is 6.24. The molecule has 0 bridgehead atoms. The Morgan fingerprint density at radius 1 is 0.980 bits per heavy atom. The number of rotatable bonds is 11. The Balaban J connectivity index is 1.31. The molecule has 2 N–H and O–H groups in total. The van der Waals surface area contributed by atoms with Crippen molar-refractivity contribution in [3.8, 4) is 11.5 Å². The molecule has 1 aliphatic heterocycles. The number of amides is 1. The highest BCUT2D eigenvalue weighted by atomic mass is 16.7. The number of para-hydroxylation sites is 1. The number of fused-ring (bicyclic) bond motifs is 2. The van der Waals surface area contributed by atoms with Gasteiger partial charge in [-0.1, -0.05) is 61.5 Å². The quantitative estimate of drug-likeness (QED) is 0.159. The lowest BCUT2D eigenvalue weighted by atomic mass is 9.92. The van der Waals surface area contributed by atoms with Crippen LogP contribution in [0.2, 0.25) is 0 Å². The smallest absolute Gasteiger partial charge is 0.419 e. The summed E-state index contributed by atoms with van der Waals surface area (Å²) in [6.07, 6.45) is 3.71. The molecule has 0 radical (unpaired) electrons. The number of hydrogen-bond acceptors (Lipinski definition) is 8. The molecule has 0 saturated carbocycles. The van der Waals surface area contributed by atoms with Crippen LogP contribution in [0.5, 0.6) is 11.5 Å². The molecule has 0 spiro atoms. The third-order valence-corrected chi connectivity index (χ3v) is 8.19. The number of hydrogen-bond donors (Lipinski definition) is 2. The van der Waals surface area contributed by atoms with Crippen molar-refractivity contribution < 1.29 is 33.3 Å². The van der Waals surface area contributed by atoms with Crippen LogP contribution in [0.4, 0.5) is 4.79 Å². The number of benzene rings is 3. The molecule has 0 aliphatic carbocycles. The average Bonchev–Trinajstić information content (AvgIpc) is 3.84. The van der Waals surface area contributed by atoms with E-state index in [4.69, 9.17) is 23.9 Å². The molecular weight excluding hydrogens is 624 g/mol. The minimum absolute atomic E-state index is 0.0629. The van der Waals surface area contributed by atoms with Crippen molar-refractivity contribution in [2.24, 2.45) is 0 Å². The lowest BCUT2D eigenvalue weighted by Gasteiger charge is -2.22. The Kier molecular flexibility index (Phi) is 9.70. The molecule has 1 unspecified atom stereocenters. The van der Waals surface area contributed by atoms with E-state index in [0.29, 0.717) is 35.0 Å². The second-order valence-electron chi connectivity index (χ2n) is 12.9. The number of aromatic amines is 1. The molecule has 254 valence electrons. The second-order valence-corrected chi connectivity index (χ2v) is 12.9. The van der Waals surface area contributed by atoms with E-state index in [9.17, 15) is 14.4 Å². The molecule has 1 amide bonds. The molecule has 1 aliphatic rings. The SMILES string of the molecule is CCc1nc(CC(C(=O)N[C@@H](Cc2c[nH]c3ccccc23)C(=O)OCc2ccccc2)c2ccc3c(c2)OCO3)cn1C(=O)OC(C)(C)C. The topological polar surface area (TPSA) is 134 Å². The number of nitrogens with one attached hydrogen (secondary N) is 2. The van der Waals surface area contributed by atoms with Crippen LogP contribution < -0.4 is 14.8 Å². The molecule has 11 nitrogen and oxygen atoms in total. The summed E-state index contributed by atoms with van der Waals surface area (Å²) >= 11 is 0. The van der Waals surface area contributed by atoms with E-state index >= 15 is 0 Å². The summed E-state index contributed by atoms with van der Waals surface area (Å²) in [5.41, 5.74) is 3.07. The molecule has 49 heavy (non-hydrogen) atoms. The highest BCUT2D eigenvalue weighted by molar-refractivity contribution is 5.90. The zero-order valence-electron chi connectivity index (χ0n) is 28.0. The zero-order valence-corrected chi connectivity index (χ0v) is 28.0. The molecule has 0 fully saturated rings. The van der Waals surface area contributed by atoms with E-state index in [0.717, 1.165) is 22.0 Å². The van der Waals surface area contributed by atoms with Gasteiger partial charge in [0.1, 0.15) is 24.1 Å². The first-order chi connectivity index (χ1) is 23.6. The molecule has 0 saturated heterocycles. The highest BCUT2D eigenvalue weighted by Gasteiger charge is 2.31. The molecule has 11 heteroatoms. The van der Waals surface area contributed by atoms with Gasteiger partial charge < -0.3 is 29.2 Å². The van der Waals surface area contributed by atoms with Gasteiger partial charge >= 0.3 is 12.1 Å². The van der Waals surface area contributed by atoms with Crippen molar-refractivity contribution in [3.63, 3.8) is 0 Å². The molecule has 2 aromatic heterocycles. The van der Waals surface area contributed by atoms with Crippen molar-refractivity contribution in [1.29, 1.82) is 0 Å². The van der Waals surface area contributed by atoms with Crippen LogP contribution in [0.25, 0.3) is 10.9 Å². The normalized spacial score (nSPS) is 13.6. The molecule has 3 aromatic carbocycles. The molecule has 2 atom stereocenters. The number of H-pyrrole nitrogens is 1. The van der Waals surface area contributed by atoms with E-state index in [1.165, 1.54) is 4.57 Å². The summed E-state index contributed by atoms with van der Waals surface area (Å²) in [5.74, 6) is -0.183. The monoisotopic (exact) mass is 664 g/mol. The lowest BCUT2D eigenvalue weighted by Crippen LogP contribution is -2.45. The van der Waals surface area contributed by atoms with Gasteiger partial charge in [0.2, 0.25) is 12.7 Å². The number of esters is 1. The van der Waals surface area contributed by atoms with Gasteiger partial charge in [-0.05, 0) is 55.7 Å². The summed E-state index contributed by atoms with van der Waals surface area (Å²) in [4.78, 5) is 49.1. The van der Waals surface area contributed by atoms with Gasteiger partial charge in [0.05, 0.1) is 11.6 Å². The van der Waals surface area contributed by atoms with Crippen LogP contribution in [0.1, 0.15) is 61.8 Å². The van der Waals surface area contributed by atoms with Crippen LogP contribution in [-0.2, 0) is 44.9 Å². The van der Waals surface area contributed by atoms with Crippen molar-refractivity contribution in [3.05, 3.63) is 113 Å². The van der Waals surface area contributed by atoms with E-state index in [1.54, 1.807) is 45.2 Å². The summed E-state index contributed by atoms with van der Waals surface area (Å²) in [6.45, 7) is 7.43. The van der Waals surface area contributed by atoms with Crippen LogP contribution in [0, 0.1) is 0 Å². The number of ether oxygens (including phenoxy) is 4. The Morgan fingerprint density at radius 2 is 1.73 bits per heavy atom. The Bertz CT molecular complexity index is 1960. The maximum Gasteiger partial charge on any atom is 0.419 e. The van der Waals surface area contributed by atoms with Crippen LogP contribution >= 0.6 is 0 Å². The van der Waals surface area contributed by atoms with Gasteiger partial charge in [0.25, 0.3) is 0 Å². The Hall–Kier alpha value is -5.58. The number of nitrogens with zero attached hydrogens (tertiary/aromatic N) is 2. The number of carbonyl (C=O) groups excluding carboxylic acids is 3. The number of imidazole rings is 1. The fraction of sp³-hybridized carbons (Fsp3) is 0.316. The van der Waals surface area contributed by atoms with Crippen molar-refractivity contribution in [1.82, 2.24) is 19.9 Å². The fourth-order valence-corrected chi connectivity index (χ4v) is 5.81. The standard InChI is InChI=1S/C38H40N4O7/c1-5-34-40-27(21-42(34)37(45)49-38(2,3)4)19-29(25-15-16-32-33(18-25)48-23-47-32)35(43)41-31(36(44)46-22-24-11-7-6-8-12-24)17-26-20-39-30-14-10-9-13-28(26)30/h6-16,18,20-21,29,31,39H,5,17,19,22-23H2,1-4H3,(H,41,43)/t29?,31-/m0/s1. The first kappa shape index (κ1) is 33.3. The predicted molar refractivity (Wildman–Crippen MR) is 182 cm³/mol. The second kappa shape index (κ2) is 14.3. The summed E-state index contributed by atoms with van der Waals surface area (Å²) in [7, 11) is 0. The minimum atomic E-state index is -1.00. The minimum Gasteiger partial charge on any atom is -0.459 e. The summed E-state index contributed by atoms with van der Waals surface area (Å²) < 4.78 is 23.9.